The smallest absolute Gasteiger partial charge is 0.258 e. The van der Waals surface area contributed by atoms with Gasteiger partial charge in [0.25, 0.3) is 8.32 Å². The number of ether oxygens (including phenoxy) is 1. The Labute approximate surface area is 177 Å². The van der Waals surface area contributed by atoms with Crippen molar-refractivity contribution in [2.45, 2.75) is 88.9 Å². The van der Waals surface area contributed by atoms with Gasteiger partial charge in [0, 0.05) is 5.92 Å². The van der Waals surface area contributed by atoms with Crippen LogP contribution in [-0.2, 0) is 4.74 Å². The molecule has 0 unspecified atom stereocenters. The van der Waals surface area contributed by atoms with Crippen molar-refractivity contribution in [2.24, 2.45) is 0 Å². The van der Waals surface area contributed by atoms with Crippen molar-refractivity contribution in [3.8, 4) is 5.75 Å². The number of piperidine rings is 1. The van der Waals surface area contributed by atoms with Crippen molar-refractivity contribution in [3.05, 3.63) is 28.8 Å². The van der Waals surface area contributed by atoms with Crippen molar-refractivity contribution in [2.75, 3.05) is 19.7 Å². The summed E-state index contributed by atoms with van der Waals surface area (Å²) in [6.07, 6.45) is 3.33. The monoisotopic (exact) mass is 423 g/mol. The summed E-state index contributed by atoms with van der Waals surface area (Å²) in [5.41, 5.74) is 2.97. The van der Waals surface area contributed by atoms with E-state index in [1.54, 1.807) is 0 Å². The lowest BCUT2D eigenvalue weighted by Crippen LogP contribution is -2.50. The first-order valence-electron chi connectivity index (χ1n) is 11.0. The predicted molar refractivity (Wildman–Crippen MR) is 121 cm³/mol. The molecule has 0 aromatic heterocycles. The van der Waals surface area contributed by atoms with Gasteiger partial charge in [-0.05, 0) is 66.7 Å². The van der Waals surface area contributed by atoms with E-state index in [0.717, 1.165) is 49.7 Å². The van der Waals surface area contributed by atoms with Gasteiger partial charge in [0.2, 0.25) is 0 Å². The van der Waals surface area contributed by atoms with Crippen LogP contribution in [0.5, 0.6) is 5.75 Å². The summed E-state index contributed by atoms with van der Waals surface area (Å²) in [6, 6.07) is 6.46. The van der Waals surface area contributed by atoms with Gasteiger partial charge in [0.15, 0.2) is 0 Å². The highest BCUT2D eigenvalue weighted by Crippen LogP contribution is 2.46. The van der Waals surface area contributed by atoms with E-state index < -0.39 is 8.32 Å². The Kier molecular flexibility index (Phi) is 6.85. The van der Waals surface area contributed by atoms with E-state index in [1.165, 1.54) is 5.56 Å². The molecule has 1 spiro atoms. The van der Waals surface area contributed by atoms with E-state index in [0.29, 0.717) is 22.5 Å². The van der Waals surface area contributed by atoms with E-state index in [2.05, 4.69) is 65.1 Å². The molecule has 28 heavy (non-hydrogen) atoms. The maximum atomic E-state index is 6.81. The number of halogens is 1. The number of benzene rings is 1. The fourth-order valence-corrected chi connectivity index (χ4v) is 11.2. The summed E-state index contributed by atoms with van der Waals surface area (Å²) in [4.78, 5) is 0. The molecule has 3 rings (SSSR count). The summed E-state index contributed by atoms with van der Waals surface area (Å²) >= 11 is 6.75. The van der Waals surface area contributed by atoms with Crippen LogP contribution >= 0.6 is 11.6 Å². The predicted octanol–water partition coefficient (Wildman–Crippen LogP) is 6.52. The number of nitrogens with one attached hydrogen (secondary N) is 1. The maximum Gasteiger partial charge on any atom is 0.258 e. The molecule has 1 aromatic carbocycles. The lowest BCUT2D eigenvalue weighted by Gasteiger charge is -2.42. The molecule has 0 saturated carbocycles. The number of rotatable bonds is 6. The average molecular weight is 424 g/mol. The summed E-state index contributed by atoms with van der Waals surface area (Å²) < 4.78 is 13.1. The second-order valence-corrected chi connectivity index (χ2v) is 15.5. The first-order valence-corrected chi connectivity index (χ1v) is 13.5. The molecule has 1 atom stereocenters. The standard InChI is InChI=1S/C23H38ClNO2Si/c1-16(2)28(17(3)4,18(5)6)27-22-8-7-19(13-21(22)24)20-14-23(26-15-20)9-11-25-12-10-23/h7-8,13,16-18,20,25H,9-12,14-15H2,1-6H3/t20-/m1/s1. The van der Waals surface area contributed by atoms with Crippen LogP contribution in [0.15, 0.2) is 18.2 Å². The maximum absolute atomic E-state index is 6.81. The van der Waals surface area contributed by atoms with Gasteiger partial charge in [0.1, 0.15) is 5.75 Å². The zero-order valence-corrected chi connectivity index (χ0v) is 20.2. The Morgan fingerprint density at radius 3 is 2.21 bits per heavy atom. The summed E-state index contributed by atoms with van der Waals surface area (Å²) in [6.45, 7) is 16.8. The molecule has 5 heteroatoms. The van der Waals surface area contributed by atoms with Gasteiger partial charge in [-0.2, -0.15) is 0 Å². The third-order valence-corrected chi connectivity index (χ3v) is 13.4. The average Bonchev–Trinajstić information content (AvgIpc) is 3.03. The first kappa shape index (κ1) is 22.1. The third kappa shape index (κ3) is 4.16. The SMILES string of the molecule is CC(C)[Si](Oc1ccc([C@H]2COC3(CCNCC3)C2)cc1Cl)(C(C)C)C(C)C. The minimum absolute atomic E-state index is 0.0760. The highest BCUT2D eigenvalue weighted by atomic mass is 35.5. The van der Waals surface area contributed by atoms with Crippen molar-refractivity contribution in [1.29, 1.82) is 0 Å². The molecular formula is C23H38ClNO2Si. The van der Waals surface area contributed by atoms with E-state index >= 15 is 0 Å². The zero-order chi connectivity index (χ0) is 20.5. The van der Waals surface area contributed by atoms with Gasteiger partial charge >= 0.3 is 0 Å². The van der Waals surface area contributed by atoms with Crippen molar-refractivity contribution < 1.29 is 9.16 Å². The summed E-state index contributed by atoms with van der Waals surface area (Å²) in [5, 5.41) is 4.19. The Morgan fingerprint density at radius 1 is 1.07 bits per heavy atom. The highest BCUT2D eigenvalue weighted by molar-refractivity contribution is 6.78. The molecule has 1 aromatic rings. The van der Waals surface area contributed by atoms with Crippen molar-refractivity contribution >= 4 is 19.9 Å². The fourth-order valence-electron chi connectivity index (χ4n) is 5.69. The Hall–Kier alpha value is -0.553. The van der Waals surface area contributed by atoms with Crippen LogP contribution in [0.1, 0.15) is 72.3 Å². The van der Waals surface area contributed by atoms with E-state index in [-0.39, 0.29) is 5.60 Å². The summed E-state index contributed by atoms with van der Waals surface area (Å²) in [7, 11) is -2.00. The van der Waals surface area contributed by atoms with Crippen molar-refractivity contribution in [3.63, 3.8) is 0 Å². The van der Waals surface area contributed by atoms with E-state index in [4.69, 9.17) is 20.8 Å². The minimum atomic E-state index is -2.00. The van der Waals surface area contributed by atoms with E-state index in [9.17, 15) is 0 Å². The van der Waals surface area contributed by atoms with Crippen LogP contribution < -0.4 is 9.74 Å². The molecule has 3 nitrogen and oxygen atoms in total. The second-order valence-electron chi connectivity index (χ2n) is 9.75. The van der Waals surface area contributed by atoms with Gasteiger partial charge in [0.05, 0.1) is 17.2 Å². The molecule has 1 N–H and O–H groups in total. The van der Waals surface area contributed by atoms with Crippen LogP contribution in [-0.4, -0.2) is 33.6 Å². The number of hydrogen-bond acceptors (Lipinski definition) is 3. The van der Waals surface area contributed by atoms with Crippen LogP contribution in [0.25, 0.3) is 0 Å². The van der Waals surface area contributed by atoms with Gasteiger partial charge in [-0.1, -0.05) is 59.2 Å². The molecule has 2 aliphatic rings. The first-order chi connectivity index (χ1) is 13.2. The van der Waals surface area contributed by atoms with Gasteiger partial charge in [-0.3, -0.25) is 0 Å². The Bertz CT molecular complexity index is 649. The zero-order valence-electron chi connectivity index (χ0n) is 18.5. The van der Waals surface area contributed by atoms with Gasteiger partial charge in [-0.15, -0.1) is 0 Å². The number of hydrogen-bond donors (Lipinski definition) is 1. The summed E-state index contributed by atoms with van der Waals surface area (Å²) in [5.74, 6) is 1.30. The minimum Gasteiger partial charge on any atom is -0.542 e. The molecule has 0 radical (unpaired) electrons. The van der Waals surface area contributed by atoms with Crippen LogP contribution in [0.4, 0.5) is 0 Å². The lowest BCUT2D eigenvalue weighted by atomic mass is 9.84. The Balaban J connectivity index is 1.79. The molecule has 2 heterocycles. The highest BCUT2D eigenvalue weighted by Gasteiger charge is 2.47. The Morgan fingerprint density at radius 2 is 1.68 bits per heavy atom. The quantitative estimate of drug-likeness (QED) is 0.528. The van der Waals surface area contributed by atoms with Crippen molar-refractivity contribution in [1.82, 2.24) is 5.32 Å². The molecule has 2 fully saturated rings. The van der Waals surface area contributed by atoms with E-state index in [1.807, 2.05) is 0 Å². The van der Waals surface area contributed by atoms with Crippen LogP contribution in [0.3, 0.4) is 0 Å². The van der Waals surface area contributed by atoms with Gasteiger partial charge < -0.3 is 14.5 Å². The van der Waals surface area contributed by atoms with Crippen LogP contribution in [0.2, 0.25) is 21.6 Å². The molecule has 158 valence electrons. The largest absolute Gasteiger partial charge is 0.542 e. The molecule has 0 amide bonds. The lowest BCUT2D eigenvalue weighted by molar-refractivity contribution is -0.0193. The topological polar surface area (TPSA) is 30.5 Å². The molecule has 0 aliphatic carbocycles. The van der Waals surface area contributed by atoms with Gasteiger partial charge in [-0.25, -0.2) is 0 Å². The molecule has 2 saturated heterocycles. The molecule has 2 aliphatic heterocycles. The molecule has 0 bridgehead atoms. The fraction of sp³-hybridized carbons (Fsp3) is 0.739. The molecular weight excluding hydrogens is 386 g/mol. The third-order valence-electron chi connectivity index (χ3n) is 7.15. The second kappa shape index (κ2) is 8.67. The van der Waals surface area contributed by atoms with Crippen LogP contribution in [0, 0.1) is 0 Å². The normalized spacial score (nSPS) is 22.6.